The normalized spacial score (nSPS) is 32.5. The molecular weight excluding hydrogens is 275 g/mol. The van der Waals surface area contributed by atoms with Crippen LogP contribution in [0, 0.1) is 5.92 Å². The molecule has 2 bridgehead atoms. The Morgan fingerprint density at radius 2 is 2.06 bits per heavy atom. The molecule has 0 N–H and O–H groups in total. The van der Waals surface area contributed by atoms with E-state index in [1.165, 1.54) is 30.1 Å². The van der Waals surface area contributed by atoms with Crippen molar-refractivity contribution in [3.8, 4) is 0 Å². The van der Waals surface area contributed by atoms with E-state index in [0.717, 1.165) is 12.8 Å². The Morgan fingerprint density at radius 1 is 1.24 bits per heavy atom. The number of fused-ring (bicyclic) bond motifs is 2. The average Bonchev–Trinajstić information content (AvgIpc) is 2.28. The first-order valence-corrected chi connectivity index (χ1v) is 8.23. The molecule has 0 radical (unpaired) electrons. The number of rotatable bonds is 2. The zero-order chi connectivity index (χ0) is 11.7. The molecule has 0 amide bonds. The van der Waals surface area contributed by atoms with Gasteiger partial charge in [-0.25, -0.2) is 0 Å². The molecule has 0 aromatic heterocycles. The summed E-state index contributed by atoms with van der Waals surface area (Å²) in [5, 5.41) is 0. The van der Waals surface area contributed by atoms with Crippen LogP contribution in [-0.2, 0) is 4.79 Å². The maximum atomic E-state index is 11.9. The van der Waals surface area contributed by atoms with Gasteiger partial charge in [-0.15, -0.1) is 0 Å². The molecule has 17 heavy (non-hydrogen) atoms. The molecule has 2 aliphatic carbocycles. The number of benzene rings is 1. The number of carbonyl (C=O) groups is 1. The van der Waals surface area contributed by atoms with Gasteiger partial charge in [-0.1, -0.05) is 0 Å². The molecule has 2 heteroatoms. The van der Waals surface area contributed by atoms with Crippen LogP contribution in [0.25, 0.3) is 0 Å². The zero-order valence-corrected chi connectivity index (χ0v) is 11.7. The zero-order valence-electron chi connectivity index (χ0n) is 10.0. The molecule has 2 atom stereocenters. The summed E-state index contributed by atoms with van der Waals surface area (Å²) in [7, 11) is 0. The van der Waals surface area contributed by atoms with Gasteiger partial charge in [-0.2, -0.15) is 0 Å². The number of hydrogen-bond acceptors (Lipinski definition) is 1. The standard InChI is InChI=1S/C15H18OSe/c16-13-9-12-5-4-8-15(10-12,11-13)17-14-6-2-1-3-7-14/h1-3,6-7,12H,4-5,8-11H2. The van der Waals surface area contributed by atoms with Crippen molar-refractivity contribution in [3.05, 3.63) is 30.3 Å². The van der Waals surface area contributed by atoms with Gasteiger partial charge in [0.2, 0.25) is 0 Å². The third-order valence-corrected chi connectivity index (χ3v) is 7.07. The maximum absolute atomic E-state index is 11.9. The quantitative estimate of drug-likeness (QED) is 0.766. The van der Waals surface area contributed by atoms with Gasteiger partial charge in [0, 0.05) is 0 Å². The van der Waals surface area contributed by atoms with Crippen LogP contribution >= 0.6 is 0 Å². The molecule has 3 rings (SSSR count). The van der Waals surface area contributed by atoms with E-state index in [4.69, 9.17) is 0 Å². The number of Topliss-reactive ketones (excluding diaryl/α,β-unsaturated/α-hetero) is 1. The molecule has 0 saturated heterocycles. The van der Waals surface area contributed by atoms with Gasteiger partial charge in [0.05, 0.1) is 0 Å². The molecule has 2 fully saturated rings. The average molecular weight is 293 g/mol. The van der Waals surface area contributed by atoms with Crippen molar-refractivity contribution in [1.29, 1.82) is 0 Å². The van der Waals surface area contributed by atoms with Gasteiger partial charge in [-0.05, 0) is 0 Å². The van der Waals surface area contributed by atoms with Gasteiger partial charge >= 0.3 is 109 Å². The summed E-state index contributed by atoms with van der Waals surface area (Å²) in [6, 6.07) is 10.8. The van der Waals surface area contributed by atoms with E-state index in [1.54, 1.807) is 0 Å². The number of carbonyl (C=O) groups excluding carboxylic acids is 1. The van der Waals surface area contributed by atoms with E-state index in [2.05, 4.69) is 30.3 Å². The van der Waals surface area contributed by atoms with Crippen LogP contribution in [-0.4, -0.2) is 20.7 Å². The summed E-state index contributed by atoms with van der Waals surface area (Å²) in [6.07, 6.45) is 6.95. The molecule has 1 nitrogen and oxygen atoms in total. The van der Waals surface area contributed by atoms with Crippen molar-refractivity contribution in [1.82, 2.24) is 0 Å². The number of hydrogen-bond donors (Lipinski definition) is 0. The van der Waals surface area contributed by atoms with E-state index in [9.17, 15) is 4.79 Å². The summed E-state index contributed by atoms with van der Waals surface area (Å²) in [5.74, 6) is 1.23. The van der Waals surface area contributed by atoms with Crippen LogP contribution in [0.3, 0.4) is 0 Å². The Bertz CT molecular complexity index is 414. The molecular formula is C15H18OSe. The monoisotopic (exact) mass is 294 g/mol. The Labute approximate surface area is 109 Å². The molecule has 2 unspecified atom stereocenters. The van der Waals surface area contributed by atoms with Crippen LogP contribution in [0.4, 0.5) is 0 Å². The summed E-state index contributed by atoms with van der Waals surface area (Å²) >= 11 is 0.475. The Morgan fingerprint density at radius 3 is 2.88 bits per heavy atom. The topological polar surface area (TPSA) is 17.1 Å². The Balaban J connectivity index is 1.82. The minimum atomic E-state index is 0.368. The van der Waals surface area contributed by atoms with Crippen LogP contribution in [0.1, 0.15) is 38.5 Å². The molecule has 0 heterocycles. The van der Waals surface area contributed by atoms with E-state index < -0.39 is 0 Å². The summed E-state index contributed by atoms with van der Waals surface area (Å²) in [6.45, 7) is 0. The van der Waals surface area contributed by atoms with E-state index >= 15 is 0 Å². The molecule has 2 aliphatic rings. The molecule has 1 aromatic carbocycles. The molecule has 0 spiro atoms. The van der Waals surface area contributed by atoms with Crippen molar-refractivity contribution in [2.75, 3.05) is 0 Å². The second-order valence-electron chi connectivity index (χ2n) is 5.48. The third-order valence-electron chi connectivity index (χ3n) is 4.02. The molecule has 0 aliphatic heterocycles. The summed E-state index contributed by atoms with van der Waals surface area (Å²) in [5.41, 5.74) is 0. The first-order chi connectivity index (χ1) is 8.26. The van der Waals surface area contributed by atoms with Gasteiger partial charge < -0.3 is 0 Å². The van der Waals surface area contributed by atoms with Crippen LogP contribution in [0.5, 0.6) is 0 Å². The van der Waals surface area contributed by atoms with E-state index in [0.29, 0.717) is 31.0 Å². The molecule has 1 aromatic rings. The molecule has 2 saturated carbocycles. The van der Waals surface area contributed by atoms with Gasteiger partial charge in [-0.3, -0.25) is 0 Å². The minimum absolute atomic E-state index is 0.368. The number of ketones is 1. The first-order valence-electron chi connectivity index (χ1n) is 6.52. The SMILES string of the molecule is O=C1CC2CCCC([Se]c3ccccc3)(C1)C2. The van der Waals surface area contributed by atoms with Crippen molar-refractivity contribution in [2.24, 2.45) is 5.92 Å². The molecule has 90 valence electrons. The Kier molecular flexibility index (Phi) is 3.10. The van der Waals surface area contributed by atoms with Crippen LogP contribution < -0.4 is 4.46 Å². The fraction of sp³-hybridized carbons (Fsp3) is 0.533. The van der Waals surface area contributed by atoms with Gasteiger partial charge in [0.25, 0.3) is 0 Å². The van der Waals surface area contributed by atoms with Crippen molar-refractivity contribution in [2.45, 2.75) is 42.8 Å². The predicted molar refractivity (Wildman–Crippen MR) is 70.7 cm³/mol. The van der Waals surface area contributed by atoms with Crippen LogP contribution in [0.15, 0.2) is 30.3 Å². The van der Waals surface area contributed by atoms with Crippen molar-refractivity contribution in [3.63, 3.8) is 0 Å². The second-order valence-corrected chi connectivity index (χ2v) is 8.71. The predicted octanol–water partition coefficient (Wildman–Crippen LogP) is 2.73. The Hall–Kier alpha value is -0.591. The fourth-order valence-corrected chi connectivity index (χ4v) is 6.74. The third kappa shape index (κ3) is 2.48. The fourth-order valence-electron chi connectivity index (χ4n) is 3.40. The summed E-state index contributed by atoms with van der Waals surface area (Å²) in [4.78, 5) is 11.9. The second kappa shape index (κ2) is 4.59. The first kappa shape index (κ1) is 11.5. The van der Waals surface area contributed by atoms with Gasteiger partial charge in [0.15, 0.2) is 0 Å². The van der Waals surface area contributed by atoms with Crippen LogP contribution in [0.2, 0.25) is 4.31 Å². The van der Waals surface area contributed by atoms with E-state index in [1.807, 2.05) is 0 Å². The van der Waals surface area contributed by atoms with E-state index in [-0.39, 0.29) is 0 Å². The van der Waals surface area contributed by atoms with Crippen molar-refractivity contribution >= 4 is 25.2 Å². The summed E-state index contributed by atoms with van der Waals surface area (Å²) < 4.78 is 1.84. The van der Waals surface area contributed by atoms with Crippen molar-refractivity contribution < 1.29 is 4.79 Å². The van der Waals surface area contributed by atoms with Gasteiger partial charge in [0.1, 0.15) is 0 Å².